The number of aryl methyl sites for hydroxylation is 1. The largest absolute Gasteiger partial charge is 0.366 e. The maximum atomic E-state index is 12.8. The molecule has 7 nitrogen and oxygen atoms in total. The fraction of sp³-hybridized carbons (Fsp3) is 0.300. The quantitative estimate of drug-likeness (QED) is 0.455. The zero-order valence-electron chi connectivity index (χ0n) is 15.5. The van der Waals surface area contributed by atoms with Gasteiger partial charge in [-0.1, -0.05) is 29.8 Å². The van der Waals surface area contributed by atoms with Gasteiger partial charge in [-0.3, -0.25) is 19.7 Å². The van der Waals surface area contributed by atoms with Crippen molar-refractivity contribution in [1.82, 2.24) is 4.90 Å². The van der Waals surface area contributed by atoms with Gasteiger partial charge in [0.1, 0.15) is 0 Å². The average Bonchev–Trinajstić information content (AvgIpc) is 3.16. The Morgan fingerprint density at radius 1 is 1.25 bits per heavy atom. The van der Waals surface area contributed by atoms with Crippen molar-refractivity contribution in [2.24, 2.45) is 5.73 Å². The minimum atomic E-state index is -0.728. The summed E-state index contributed by atoms with van der Waals surface area (Å²) >= 11 is 1.11. The number of nitrogens with zero attached hydrogens (tertiary/aromatic N) is 2. The second-order valence-electron chi connectivity index (χ2n) is 6.75. The lowest BCUT2D eigenvalue weighted by atomic mass is 10.0. The molecule has 28 heavy (non-hydrogen) atoms. The maximum absolute atomic E-state index is 12.8. The number of amides is 2. The molecular weight excluding hydrogens is 378 g/mol. The summed E-state index contributed by atoms with van der Waals surface area (Å²) < 4.78 is 0. The van der Waals surface area contributed by atoms with E-state index in [0.29, 0.717) is 11.4 Å². The summed E-state index contributed by atoms with van der Waals surface area (Å²) in [6.07, 6.45) is 1.84. The monoisotopic (exact) mass is 399 g/mol. The molecule has 0 spiro atoms. The van der Waals surface area contributed by atoms with Crippen molar-refractivity contribution < 1.29 is 14.5 Å². The molecule has 1 fully saturated rings. The Bertz CT molecular complexity index is 914. The van der Waals surface area contributed by atoms with Crippen LogP contribution in [0, 0.1) is 17.0 Å². The van der Waals surface area contributed by atoms with Crippen LogP contribution in [0.3, 0.4) is 0 Å². The zero-order valence-corrected chi connectivity index (χ0v) is 16.3. The average molecular weight is 399 g/mol. The van der Waals surface area contributed by atoms with Crippen molar-refractivity contribution in [2.75, 3.05) is 12.3 Å². The van der Waals surface area contributed by atoms with Crippen LogP contribution >= 0.6 is 11.8 Å². The summed E-state index contributed by atoms with van der Waals surface area (Å²) in [5, 5.41) is 11.3. The van der Waals surface area contributed by atoms with E-state index in [1.807, 2.05) is 36.1 Å². The lowest BCUT2D eigenvalue weighted by Gasteiger charge is -2.25. The van der Waals surface area contributed by atoms with Crippen LogP contribution in [0.5, 0.6) is 0 Å². The number of hydrogen-bond donors (Lipinski definition) is 1. The van der Waals surface area contributed by atoms with Gasteiger partial charge < -0.3 is 10.6 Å². The van der Waals surface area contributed by atoms with Crippen LogP contribution in [0.4, 0.5) is 5.69 Å². The van der Waals surface area contributed by atoms with Crippen molar-refractivity contribution in [3.63, 3.8) is 0 Å². The van der Waals surface area contributed by atoms with Crippen LogP contribution in [0.1, 0.15) is 40.4 Å². The predicted molar refractivity (Wildman–Crippen MR) is 107 cm³/mol. The number of rotatable bonds is 6. The van der Waals surface area contributed by atoms with E-state index in [2.05, 4.69) is 0 Å². The van der Waals surface area contributed by atoms with Gasteiger partial charge >= 0.3 is 0 Å². The lowest BCUT2D eigenvalue weighted by Crippen LogP contribution is -2.32. The van der Waals surface area contributed by atoms with Gasteiger partial charge in [0.2, 0.25) is 11.8 Å². The van der Waals surface area contributed by atoms with Gasteiger partial charge in [0.05, 0.1) is 21.6 Å². The van der Waals surface area contributed by atoms with Gasteiger partial charge in [0.25, 0.3) is 5.69 Å². The molecule has 2 aromatic rings. The summed E-state index contributed by atoms with van der Waals surface area (Å²) in [4.78, 5) is 37.0. The van der Waals surface area contributed by atoms with Crippen molar-refractivity contribution in [1.29, 1.82) is 0 Å². The second kappa shape index (κ2) is 8.43. The number of carbonyl (C=O) groups is 2. The molecule has 0 radical (unpaired) electrons. The Kier molecular flexibility index (Phi) is 5.99. The Morgan fingerprint density at radius 2 is 1.96 bits per heavy atom. The van der Waals surface area contributed by atoms with Crippen molar-refractivity contribution in [2.45, 2.75) is 30.7 Å². The molecule has 1 heterocycles. The van der Waals surface area contributed by atoms with Gasteiger partial charge in [-0.25, -0.2) is 0 Å². The van der Waals surface area contributed by atoms with Gasteiger partial charge in [-0.2, -0.15) is 0 Å². The van der Waals surface area contributed by atoms with Crippen molar-refractivity contribution in [3.8, 4) is 0 Å². The number of nitro benzene ring substituents is 1. The third kappa shape index (κ3) is 4.33. The van der Waals surface area contributed by atoms with E-state index in [1.165, 1.54) is 17.7 Å². The number of likely N-dealkylation sites (tertiary alicyclic amines) is 1. The first-order valence-electron chi connectivity index (χ1n) is 8.94. The molecule has 1 aliphatic rings. The van der Waals surface area contributed by atoms with Gasteiger partial charge in [-0.15, -0.1) is 11.8 Å². The first-order valence-corrected chi connectivity index (χ1v) is 9.92. The Labute approximate surface area is 167 Å². The number of carbonyl (C=O) groups excluding carboxylic acids is 2. The fourth-order valence-corrected chi connectivity index (χ4v) is 4.25. The van der Waals surface area contributed by atoms with E-state index in [1.54, 1.807) is 0 Å². The summed E-state index contributed by atoms with van der Waals surface area (Å²) in [6, 6.07) is 12.3. The molecule has 146 valence electrons. The van der Waals surface area contributed by atoms with E-state index < -0.39 is 10.8 Å². The molecule has 0 aliphatic carbocycles. The molecule has 2 aromatic carbocycles. The number of primary amides is 1. The Morgan fingerprint density at radius 3 is 2.61 bits per heavy atom. The lowest BCUT2D eigenvalue weighted by molar-refractivity contribution is -0.387. The highest BCUT2D eigenvalue weighted by molar-refractivity contribution is 8.00. The van der Waals surface area contributed by atoms with Crippen molar-refractivity contribution in [3.05, 3.63) is 69.3 Å². The molecule has 8 heteroatoms. The van der Waals surface area contributed by atoms with Crippen LogP contribution in [0.25, 0.3) is 0 Å². The summed E-state index contributed by atoms with van der Waals surface area (Å²) in [7, 11) is 0. The SMILES string of the molecule is Cc1ccc(C2CCCN2C(=O)CSc2ccc(C(N)=O)cc2[N+](=O)[O-])cc1. The van der Waals surface area contributed by atoms with Crippen LogP contribution in [-0.2, 0) is 4.79 Å². The highest BCUT2D eigenvalue weighted by atomic mass is 32.2. The van der Waals surface area contributed by atoms with Crippen LogP contribution < -0.4 is 5.73 Å². The molecule has 2 N–H and O–H groups in total. The maximum Gasteiger partial charge on any atom is 0.283 e. The topological polar surface area (TPSA) is 107 Å². The van der Waals surface area contributed by atoms with Crippen LogP contribution in [0.2, 0.25) is 0 Å². The molecular formula is C20H21N3O4S. The predicted octanol–water partition coefficient (Wildman–Crippen LogP) is 3.46. The first-order chi connectivity index (χ1) is 13.4. The number of thioether (sulfide) groups is 1. The Hall–Kier alpha value is -2.87. The molecule has 1 saturated heterocycles. The van der Waals surface area contributed by atoms with E-state index in [0.717, 1.165) is 36.2 Å². The van der Waals surface area contributed by atoms with Gasteiger partial charge in [-0.05, 0) is 37.5 Å². The first kappa shape index (κ1) is 19.9. The number of nitrogens with two attached hydrogens (primary N) is 1. The Balaban J connectivity index is 1.72. The van der Waals surface area contributed by atoms with Crippen molar-refractivity contribution >= 4 is 29.3 Å². The number of hydrogen-bond acceptors (Lipinski definition) is 5. The van der Waals surface area contributed by atoms with Gasteiger partial charge in [0, 0.05) is 18.2 Å². The van der Waals surface area contributed by atoms with E-state index in [9.17, 15) is 19.7 Å². The van der Waals surface area contributed by atoms with E-state index >= 15 is 0 Å². The standard InChI is InChI=1S/C20H21N3O4S/c1-13-4-6-14(7-5-13)16-3-2-10-22(16)19(24)12-28-18-9-8-15(20(21)25)11-17(18)23(26)27/h4-9,11,16H,2-3,10,12H2,1H3,(H2,21,25). The van der Waals surface area contributed by atoms with E-state index in [-0.39, 0.29) is 29.0 Å². The molecule has 2 amide bonds. The highest BCUT2D eigenvalue weighted by Gasteiger charge is 2.30. The molecule has 1 aliphatic heterocycles. The molecule has 1 atom stereocenters. The minimum Gasteiger partial charge on any atom is -0.366 e. The normalized spacial score (nSPS) is 16.2. The number of nitro groups is 1. The zero-order chi connectivity index (χ0) is 20.3. The van der Waals surface area contributed by atoms with Crippen LogP contribution in [-0.4, -0.2) is 33.9 Å². The summed E-state index contributed by atoms with van der Waals surface area (Å²) in [5.74, 6) is -0.686. The number of benzene rings is 2. The molecule has 0 aromatic heterocycles. The molecule has 0 bridgehead atoms. The summed E-state index contributed by atoms with van der Waals surface area (Å²) in [6.45, 7) is 2.70. The highest BCUT2D eigenvalue weighted by Crippen LogP contribution is 2.34. The third-order valence-corrected chi connectivity index (χ3v) is 5.87. The molecule has 0 saturated carbocycles. The smallest absolute Gasteiger partial charge is 0.283 e. The second-order valence-corrected chi connectivity index (χ2v) is 7.77. The fourth-order valence-electron chi connectivity index (χ4n) is 3.36. The van der Waals surface area contributed by atoms with E-state index in [4.69, 9.17) is 5.73 Å². The minimum absolute atomic E-state index is 0.0425. The van der Waals surface area contributed by atoms with Gasteiger partial charge in [0.15, 0.2) is 0 Å². The summed E-state index contributed by atoms with van der Waals surface area (Å²) in [5.41, 5.74) is 7.32. The third-order valence-electron chi connectivity index (χ3n) is 4.83. The van der Waals surface area contributed by atoms with Crippen LogP contribution in [0.15, 0.2) is 47.4 Å². The molecule has 3 rings (SSSR count). The molecule has 1 unspecified atom stereocenters.